The number of benzene rings is 2. The summed E-state index contributed by atoms with van der Waals surface area (Å²) < 4.78 is 0. The van der Waals surface area contributed by atoms with Gasteiger partial charge < -0.3 is 5.32 Å². The highest BCUT2D eigenvalue weighted by molar-refractivity contribution is 5.81. The molecule has 4 aliphatic rings. The molecule has 3 heteroatoms. The third-order valence-electron chi connectivity index (χ3n) is 10.8. The first-order valence-electron chi connectivity index (χ1n) is 14.2. The highest BCUT2D eigenvalue weighted by Crippen LogP contribution is 2.66. The quantitative estimate of drug-likeness (QED) is 0.481. The molecule has 2 aromatic carbocycles. The Hall–Kier alpha value is -3.12. The van der Waals surface area contributed by atoms with Crippen molar-refractivity contribution < 1.29 is 4.79 Å². The van der Waals surface area contributed by atoms with E-state index < -0.39 is 0 Å². The van der Waals surface area contributed by atoms with Crippen molar-refractivity contribution >= 4 is 5.91 Å². The fourth-order valence-corrected chi connectivity index (χ4v) is 8.74. The summed E-state index contributed by atoms with van der Waals surface area (Å²) in [6.45, 7) is 4.87. The van der Waals surface area contributed by atoms with Gasteiger partial charge in [-0.1, -0.05) is 80.6 Å². The smallest absolute Gasteiger partial charge is 0.224 e. The van der Waals surface area contributed by atoms with Crippen molar-refractivity contribution in [2.24, 2.45) is 34.5 Å². The lowest BCUT2D eigenvalue weighted by Gasteiger charge is -2.56. The minimum atomic E-state index is -0.128. The standard InChI is InChI=1S/C34H38N2O/c1-33-19-17-23(22-35)21-26(33)13-14-27-28-15-16-30(34(28,2)20-18-29(27)33)32(37)36-31(24-9-5-3-6-10-24)25-11-7-4-8-12-25/h3-13,21,27-31H,14-20H2,1-2H3,(H,36,37)/t27-,28-,29-,30+,33-,34-/m0/s1. The Morgan fingerprint density at radius 3 is 2.27 bits per heavy atom. The summed E-state index contributed by atoms with van der Waals surface area (Å²) >= 11 is 0. The number of nitrogens with zero attached hydrogens (tertiary/aromatic N) is 1. The summed E-state index contributed by atoms with van der Waals surface area (Å²) in [6, 6.07) is 23.0. The molecule has 2 saturated carbocycles. The van der Waals surface area contributed by atoms with E-state index in [-0.39, 0.29) is 28.7 Å². The van der Waals surface area contributed by atoms with Crippen LogP contribution < -0.4 is 5.32 Å². The molecule has 0 bridgehead atoms. The van der Waals surface area contributed by atoms with Crippen LogP contribution in [0.1, 0.15) is 76.0 Å². The van der Waals surface area contributed by atoms with E-state index in [0.29, 0.717) is 17.8 Å². The van der Waals surface area contributed by atoms with Gasteiger partial charge >= 0.3 is 0 Å². The highest BCUT2D eigenvalue weighted by Gasteiger charge is 2.59. The van der Waals surface area contributed by atoms with Crippen LogP contribution in [0.25, 0.3) is 0 Å². The van der Waals surface area contributed by atoms with Crippen molar-refractivity contribution in [2.45, 2.75) is 64.8 Å². The molecular weight excluding hydrogens is 452 g/mol. The second-order valence-corrected chi connectivity index (χ2v) is 12.4. The monoisotopic (exact) mass is 490 g/mol. The molecule has 0 saturated heterocycles. The Morgan fingerprint density at radius 2 is 1.62 bits per heavy atom. The number of amides is 1. The first-order valence-corrected chi connectivity index (χ1v) is 14.2. The molecule has 1 N–H and O–H groups in total. The second kappa shape index (κ2) is 9.32. The molecule has 4 aliphatic carbocycles. The highest BCUT2D eigenvalue weighted by atomic mass is 16.2. The van der Waals surface area contributed by atoms with E-state index in [2.05, 4.69) is 85.9 Å². The summed E-state index contributed by atoms with van der Waals surface area (Å²) in [5, 5.41) is 13.0. The van der Waals surface area contributed by atoms with Crippen LogP contribution in [0.3, 0.4) is 0 Å². The molecule has 0 unspecified atom stereocenters. The van der Waals surface area contributed by atoms with Gasteiger partial charge in [0.05, 0.1) is 12.1 Å². The molecule has 37 heavy (non-hydrogen) atoms. The number of carbonyl (C=O) groups excluding carboxylic acids is 1. The molecule has 0 aromatic heterocycles. The van der Waals surface area contributed by atoms with E-state index in [1.54, 1.807) is 0 Å². The fraction of sp³-hybridized carbons (Fsp3) is 0.471. The molecule has 0 heterocycles. The zero-order valence-electron chi connectivity index (χ0n) is 22.1. The SMILES string of the molecule is C[C@]12CC[C@H]3[C@@H](CC=C4C=C(C#N)CC[C@@]43C)[C@@H]1CC[C@@H]2C(=O)NC(c1ccccc1)c1ccccc1. The maximum Gasteiger partial charge on any atom is 0.224 e. The Morgan fingerprint density at radius 1 is 0.946 bits per heavy atom. The molecule has 1 amide bonds. The average molecular weight is 491 g/mol. The minimum Gasteiger partial charge on any atom is -0.345 e. The summed E-state index contributed by atoms with van der Waals surface area (Å²) in [4.78, 5) is 14.0. The molecule has 6 atom stereocenters. The van der Waals surface area contributed by atoms with E-state index in [4.69, 9.17) is 0 Å². The van der Waals surface area contributed by atoms with Gasteiger partial charge in [-0.2, -0.15) is 5.26 Å². The van der Waals surface area contributed by atoms with Crippen LogP contribution in [0.4, 0.5) is 0 Å². The van der Waals surface area contributed by atoms with Gasteiger partial charge in [-0.15, -0.1) is 0 Å². The first kappa shape index (κ1) is 24.2. The number of hydrogen-bond donors (Lipinski definition) is 1. The maximum atomic E-state index is 14.0. The number of rotatable bonds is 4. The van der Waals surface area contributed by atoms with Crippen molar-refractivity contribution in [3.8, 4) is 6.07 Å². The number of hydrogen-bond acceptors (Lipinski definition) is 2. The summed E-state index contributed by atoms with van der Waals surface area (Å²) in [5.41, 5.74) is 4.83. The van der Waals surface area contributed by atoms with Gasteiger partial charge in [0.25, 0.3) is 0 Å². The van der Waals surface area contributed by atoms with E-state index in [1.165, 1.54) is 12.0 Å². The van der Waals surface area contributed by atoms with Crippen LogP contribution in [-0.2, 0) is 4.79 Å². The number of allylic oxidation sites excluding steroid dienone is 4. The van der Waals surface area contributed by atoms with Gasteiger partial charge in [0.15, 0.2) is 0 Å². The predicted octanol–water partition coefficient (Wildman–Crippen LogP) is 7.53. The van der Waals surface area contributed by atoms with Gasteiger partial charge in [0.2, 0.25) is 5.91 Å². The Balaban J connectivity index is 1.25. The van der Waals surface area contributed by atoms with Gasteiger partial charge in [-0.3, -0.25) is 4.79 Å². The molecule has 6 rings (SSSR count). The Kier molecular flexibility index (Phi) is 6.10. The molecule has 2 aromatic rings. The molecule has 0 spiro atoms. The normalized spacial score (nSPS) is 34.3. The lowest BCUT2D eigenvalue weighted by atomic mass is 9.48. The van der Waals surface area contributed by atoms with Crippen LogP contribution in [0.2, 0.25) is 0 Å². The zero-order valence-corrected chi connectivity index (χ0v) is 22.1. The van der Waals surface area contributed by atoms with Gasteiger partial charge in [0, 0.05) is 11.5 Å². The van der Waals surface area contributed by atoms with Crippen LogP contribution >= 0.6 is 0 Å². The zero-order chi connectivity index (χ0) is 25.6. The van der Waals surface area contributed by atoms with Crippen LogP contribution in [0.15, 0.2) is 84.0 Å². The van der Waals surface area contributed by atoms with E-state index in [1.807, 2.05) is 12.1 Å². The second-order valence-electron chi connectivity index (χ2n) is 12.4. The average Bonchev–Trinajstić information content (AvgIpc) is 3.29. The van der Waals surface area contributed by atoms with Crippen LogP contribution in [0, 0.1) is 45.8 Å². The van der Waals surface area contributed by atoms with Crippen LogP contribution in [0.5, 0.6) is 0 Å². The summed E-state index contributed by atoms with van der Waals surface area (Å²) in [7, 11) is 0. The third kappa shape index (κ3) is 3.97. The van der Waals surface area contributed by atoms with Crippen LogP contribution in [-0.4, -0.2) is 5.91 Å². The lowest BCUT2D eigenvalue weighted by Crippen LogP contribution is -2.51. The minimum absolute atomic E-state index is 0.0488. The van der Waals surface area contributed by atoms with Gasteiger partial charge in [-0.25, -0.2) is 0 Å². The van der Waals surface area contributed by atoms with E-state index in [0.717, 1.165) is 55.2 Å². The molecule has 3 nitrogen and oxygen atoms in total. The van der Waals surface area contributed by atoms with Crippen molar-refractivity contribution in [3.63, 3.8) is 0 Å². The number of fused-ring (bicyclic) bond motifs is 5. The molecule has 0 radical (unpaired) electrons. The predicted molar refractivity (Wildman–Crippen MR) is 147 cm³/mol. The number of nitrogens with one attached hydrogen (secondary N) is 1. The lowest BCUT2D eigenvalue weighted by molar-refractivity contribution is -0.132. The largest absolute Gasteiger partial charge is 0.345 e. The molecular formula is C34H38N2O. The van der Waals surface area contributed by atoms with Gasteiger partial charge in [0.1, 0.15) is 0 Å². The van der Waals surface area contributed by atoms with Crippen molar-refractivity contribution in [3.05, 3.63) is 95.1 Å². The Bertz CT molecular complexity index is 1230. The summed E-state index contributed by atoms with van der Waals surface area (Å²) in [5.74, 6) is 2.16. The van der Waals surface area contributed by atoms with Crippen molar-refractivity contribution in [1.29, 1.82) is 5.26 Å². The molecule has 190 valence electrons. The molecule has 2 fully saturated rings. The molecule has 0 aliphatic heterocycles. The van der Waals surface area contributed by atoms with Gasteiger partial charge in [-0.05, 0) is 96.3 Å². The van der Waals surface area contributed by atoms with Crippen molar-refractivity contribution in [1.82, 2.24) is 5.32 Å². The topological polar surface area (TPSA) is 52.9 Å². The summed E-state index contributed by atoms with van der Waals surface area (Å²) in [6.07, 6.45) is 12.2. The maximum absolute atomic E-state index is 14.0. The third-order valence-corrected chi connectivity index (χ3v) is 10.8. The fourth-order valence-electron chi connectivity index (χ4n) is 8.74. The number of carbonyl (C=O) groups is 1. The van der Waals surface area contributed by atoms with Crippen molar-refractivity contribution in [2.75, 3.05) is 0 Å². The van der Waals surface area contributed by atoms with E-state index in [9.17, 15) is 10.1 Å². The van der Waals surface area contributed by atoms with E-state index >= 15 is 0 Å². The Labute approximate surface area is 221 Å². The number of nitriles is 1. The first-order chi connectivity index (χ1) is 17.9.